The molecule has 5 heteroatoms. The second kappa shape index (κ2) is 7.62. The number of benzene rings is 1. The number of hydroxylamine groups is 2. The van der Waals surface area contributed by atoms with Gasteiger partial charge in [0.05, 0.1) is 11.8 Å². The van der Waals surface area contributed by atoms with Crippen LogP contribution in [0.2, 0.25) is 0 Å². The molecule has 5 nitrogen and oxygen atoms in total. The van der Waals surface area contributed by atoms with Gasteiger partial charge in [-0.15, -0.1) is 0 Å². The van der Waals surface area contributed by atoms with Gasteiger partial charge < -0.3 is 4.74 Å². The van der Waals surface area contributed by atoms with Crippen molar-refractivity contribution < 1.29 is 19.5 Å². The van der Waals surface area contributed by atoms with Gasteiger partial charge in [-0.1, -0.05) is 31.6 Å². The van der Waals surface area contributed by atoms with Crippen LogP contribution in [-0.2, 0) is 9.59 Å². The Balaban J connectivity index is 2.17. The van der Waals surface area contributed by atoms with E-state index in [-0.39, 0.29) is 11.0 Å². The predicted molar refractivity (Wildman–Crippen MR) is 90.7 cm³/mol. The summed E-state index contributed by atoms with van der Waals surface area (Å²) < 4.78 is 5.61. The molecule has 1 aromatic rings. The molecule has 0 bridgehead atoms. The van der Waals surface area contributed by atoms with Crippen LogP contribution in [0.1, 0.15) is 45.6 Å². The van der Waals surface area contributed by atoms with Gasteiger partial charge in [-0.3, -0.25) is 14.8 Å². The molecule has 2 amide bonds. The second-order valence-electron chi connectivity index (χ2n) is 6.86. The number of hydrogen-bond acceptors (Lipinski definition) is 4. The maximum Gasteiger partial charge on any atom is 0.261 e. The molecule has 1 aliphatic heterocycles. The van der Waals surface area contributed by atoms with E-state index in [1.54, 1.807) is 24.3 Å². The lowest BCUT2D eigenvalue weighted by Crippen LogP contribution is -2.27. The van der Waals surface area contributed by atoms with Gasteiger partial charge in [0, 0.05) is 0 Å². The molecule has 1 aromatic carbocycles. The maximum atomic E-state index is 12.3. The number of allylic oxidation sites excluding steroid dienone is 1. The van der Waals surface area contributed by atoms with E-state index in [2.05, 4.69) is 0 Å². The van der Waals surface area contributed by atoms with Crippen LogP contribution in [0.15, 0.2) is 35.9 Å². The first kappa shape index (κ1) is 18.2. The monoisotopic (exact) mass is 331 g/mol. The fourth-order valence-corrected chi connectivity index (χ4v) is 2.91. The van der Waals surface area contributed by atoms with E-state index in [1.165, 1.54) is 5.57 Å². The number of hydrogen-bond donors (Lipinski definition) is 1. The van der Waals surface area contributed by atoms with Gasteiger partial charge in [0.1, 0.15) is 12.4 Å². The number of amides is 2. The van der Waals surface area contributed by atoms with Crippen molar-refractivity contribution >= 4 is 11.8 Å². The van der Waals surface area contributed by atoms with E-state index < -0.39 is 23.7 Å². The highest BCUT2D eigenvalue weighted by Crippen LogP contribution is 2.38. The number of ether oxygens (including phenoxy) is 1. The summed E-state index contributed by atoms with van der Waals surface area (Å²) in [5.41, 5.74) is 1.91. The van der Waals surface area contributed by atoms with Gasteiger partial charge >= 0.3 is 0 Å². The van der Waals surface area contributed by atoms with Crippen molar-refractivity contribution in [3.05, 3.63) is 41.5 Å². The Bertz CT molecular complexity index is 629. The van der Waals surface area contributed by atoms with Crippen LogP contribution in [0.25, 0.3) is 0 Å². The summed E-state index contributed by atoms with van der Waals surface area (Å²) in [4.78, 5) is 24.4. The summed E-state index contributed by atoms with van der Waals surface area (Å²) in [7, 11) is 0. The van der Waals surface area contributed by atoms with Crippen LogP contribution in [-0.4, -0.2) is 28.7 Å². The van der Waals surface area contributed by atoms with E-state index in [4.69, 9.17) is 4.74 Å². The third kappa shape index (κ3) is 4.03. The molecule has 1 N–H and O–H groups in total. The van der Waals surface area contributed by atoms with E-state index in [0.29, 0.717) is 18.8 Å². The average Bonchev–Trinajstić information content (AvgIpc) is 2.72. The Hall–Kier alpha value is -2.14. The first-order chi connectivity index (χ1) is 11.3. The highest BCUT2D eigenvalue weighted by Gasteiger charge is 2.48. The predicted octanol–water partition coefficient (Wildman–Crippen LogP) is 3.54. The topological polar surface area (TPSA) is 66.8 Å². The molecule has 2 rings (SSSR count). The maximum absolute atomic E-state index is 12.3. The largest absolute Gasteiger partial charge is 0.490 e. The van der Waals surface area contributed by atoms with Crippen molar-refractivity contribution in [3.8, 4) is 5.75 Å². The van der Waals surface area contributed by atoms with Crippen molar-refractivity contribution in [1.82, 2.24) is 5.06 Å². The Morgan fingerprint density at radius 2 is 1.83 bits per heavy atom. The van der Waals surface area contributed by atoms with Crippen molar-refractivity contribution in [2.24, 2.45) is 11.8 Å². The number of nitrogens with zero attached hydrogens (tertiary/aromatic N) is 1. The number of imide groups is 1. The summed E-state index contributed by atoms with van der Waals surface area (Å²) in [5.74, 6) is -1.25. The van der Waals surface area contributed by atoms with E-state index >= 15 is 0 Å². The van der Waals surface area contributed by atoms with Crippen molar-refractivity contribution in [2.45, 2.75) is 40.0 Å². The minimum atomic E-state index is -0.628. The lowest BCUT2D eigenvalue weighted by molar-refractivity contribution is -0.172. The van der Waals surface area contributed by atoms with Crippen LogP contribution in [0.3, 0.4) is 0 Å². The zero-order chi connectivity index (χ0) is 17.9. The van der Waals surface area contributed by atoms with Gasteiger partial charge in [-0.2, -0.15) is 5.06 Å². The minimum Gasteiger partial charge on any atom is -0.490 e. The SMILES string of the molecule is CC(C)=CCOc1ccc([C@@H]2C(=O)N(O)C(=O)C2CC(C)C)cc1. The molecule has 24 heavy (non-hydrogen) atoms. The van der Waals surface area contributed by atoms with Gasteiger partial charge in [0.25, 0.3) is 11.8 Å². The van der Waals surface area contributed by atoms with Crippen LogP contribution >= 0.6 is 0 Å². The fourth-order valence-electron chi connectivity index (χ4n) is 2.91. The lowest BCUT2D eigenvalue weighted by atomic mass is 9.83. The summed E-state index contributed by atoms with van der Waals surface area (Å²) in [6.45, 7) is 8.49. The molecule has 1 aliphatic rings. The van der Waals surface area contributed by atoms with E-state index in [0.717, 1.165) is 5.56 Å². The van der Waals surface area contributed by atoms with Crippen molar-refractivity contribution in [3.63, 3.8) is 0 Å². The lowest BCUT2D eigenvalue weighted by Gasteiger charge is -2.17. The highest BCUT2D eigenvalue weighted by molar-refractivity contribution is 6.06. The van der Waals surface area contributed by atoms with E-state index in [9.17, 15) is 14.8 Å². The zero-order valence-electron chi connectivity index (χ0n) is 14.7. The first-order valence-corrected chi connectivity index (χ1v) is 8.24. The van der Waals surface area contributed by atoms with Crippen LogP contribution in [0, 0.1) is 11.8 Å². The molecular weight excluding hydrogens is 306 g/mol. The zero-order valence-corrected chi connectivity index (χ0v) is 14.7. The Morgan fingerprint density at radius 1 is 1.21 bits per heavy atom. The molecule has 0 aliphatic carbocycles. The molecule has 2 atom stereocenters. The molecule has 1 fully saturated rings. The van der Waals surface area contributed by atoms with Gasteiger partial charge in [0.15, 0.2) is 0 Å². The molecule has 1 heterocycles. The summed E-state index contributed by atoms with van der Waals surface area (Å²) in [5, 5.41) is 9.98. The van der Waals surface area contributed by atoms with E-state index in [1.807, 2.05) is 33.8 Å². The summed E-state index contributed by atoms with van der Waals surface area (Å²) >= 11 is 0. The number of rotatable bonds is 6. The molecule has 0 aromatic heterocycles. The Morgan fingerprint density at radius 3 is 2.38 bits per heavy atom. The van der Waals surface area contributed by atoms with Crippen LogP contribution < -0.4 is 4.74 Å². The Labute approximate surface area is 142 Å². The smallest absolute Gasteiger partial charge is 0.261 e. The molecule has 130 valence electrons. The molecule has 0 saturated carbocycles. The normalized spacial score (nSPS) is 20.7. The quantitative estimate of drug-likeness (QED) is 0.492. The molecule has 1 saturated heterocycles. The molecular formula is C19H25NO4. The second-order valence-corrected chi connectivity index (χ2v) is 6.86. The number of carbonyl (C=O) groups is 2. The minimum absolute atomic E-state index is 0.257. The molecule has 0 spiro atoms. The third-order valence-electron chi connectivity index (χ3n) is 4.11. The van der Waals surface area contributed by atoms with Gasteiger partial charge in [0.2, 0.25) is 0 Å². The fraction of sp³-hybridized carbons (Fsp3) is 0.474. The van der Waals surface area contributed by atoms with Crippen LogP contribution in [0.4, 0.5) is 0 Å². The molecule has 0 radical (unpaired) electrons. The first-order valence-electron chi connectivity index (χ1n) is 8.24. The summed E-state index contributed by atoms with van der Waals surface area (Å²) in [6.07, 6.45) is 2.54. The number of carbonyl (C=O) groups excluding carboxylic acids is 2. The van der Waals surface area contributed by atoms with Gasteiger partial charge in [-0.05, 0) is 50.0 Å². The standard InChI is InChI=1S/C19H25NO4/c1-12(2)9-10-24-15-7-5-14(6-8-15)17-16(11-13(3)4)18(21)20(23)19(17)22/h5-9,13,16-17,23H,10-11H2,1-4H3/t16?,17-/m0/s1. The van der Waals surface area contributed by atoms with Crippen molar-refractivity contribution in [1.29, 1.82) is 0 Å². The summed E-state index contributed by atoms with van der Waals surface area (Å²) in [6, 6.07) is 7.16. The Kier molecular flexibility index (Phi) is 5.78. The van der Waals surface area contributed by atoms with Gasteiger partial charge in [-0.25, -0.2) is 0 Å². The average molecular weight is 331 g/mol. The third-order valence-corrected chi connectivity index (χ3v) is 4.11. The van der Waals surface area contributed by atoms with Crippen molar-refractivity contribution in [2.75, 3.05) is 6.61 Å². The highest BCUT2D eigenvalue weighted by atomic mass is 16.5. The van der Waals surface area contributed by atoms with Crippen LogP contribution in [0.5, 0.6) is 5.75 Å². The molecule has 1 unspecified atom stereocenters.